The molecule has 1 N–H and O–H groups in total. The molecule has 0 aliphatic rings. The van der Waals surface area contributed by atoms with Crippen LogP contribution in [0.25, 0.3) is 0 Å². The van der Waals surface area contributed by atoms with Gasteiger partial charge >= 0.3 is 0 Å². The number of rotatable bonds is 8. The molecule has 0 aliphatic carbocycles. The van der Waals surface area contributed by atoms with E-state index in [1.165, 1.54) is 0 Å². The van der Waals surface area contributed by atoms with Gasteiger partial charge in [-0.1, -0.05) is 23.4 Å². The summed E-state index contributed by atoms with van der Waals surface area (Å²) < 4.78 is 11.0. The zero-order valence-corrected chi connectivity index (χ0v) is 15.5. The molecule has 0 amide bonds. The lowest BCUT2D eigenvalue weighted by Gasteiger charge is -2.22. The molecule has 0 saturated carbocycles. The number of nitrogens with zero attached hydrogens (tertiary/aromatic N) is 4. The van der Waals surface area contributed by atoms with Crippen LogP contribution in [0, 0.1) is 13.8 Å². The number of hydrogen-bond acceptors (Lipinski definition) is 5. The van der Waals surface area contributed by atoms with E-state index >= 15 is 0 Å². The second-order valence-corrected chi connectivity index (χ2v) is 5.76. The number of likely N-dealkylation sites (N-methyl/N-ethyl adjacent to an activating group) is 1. The zero-order chi connectivity index (χ0) is 18.1. The maximum absolute atomic E-state index is 5.85. The molecule has 0 atom stereocenters. The quantitative estimate of drug-likeness (QED) is 0.584. The molecule has 0 fully saturated rings. The smallest absolute Gasteiger partial charge is 0.228 e. The Balaban J connectivity index is 1.83. The number of aliphatic imine (C=N–C) groups is 1. The maximum Gasteiger partial charge on any atom is 0.228 e. The number of nitrogens with one attached hydrogen (secondary N) is 1. The van der Waals surface area contributed by atoms with E-state index in [0.29, 0.717) is 31.3 Å². The Morgan fingerprint density at radius 1 is 1.32 bits per heavy atom. The van der Waals surface area contributed by atoms with Crippen molar-refractivity contribution in [3.8, 4) is 5.75 Å². The van der Waals surface area contributed by atoms with Crippen LogP contribution in [0.15, 0.2) is 33.8 Å². The van der Waals surface area contributed by atoms with Crippen LogP contribution >= 0.6 is 0 Å². The van der Waals surface area contributed by atoms with E-state index in [4.69, 9.17) is 9.26 Å². The molecule has 2 aromatic rings. The minimum Gasteiger partial charge on any atom is -0.491 e. The van der Waals surface area contributed by atoms with Crippen molar-refractivity contribution in [3.05, 3.63) is 41.5 Å². The Morgan fingerprint density at radius 3 is 2.80 bits per heavy atom. The van der Waals surface area contributed by atoms with Crippen LogP contribution in [-0.2, 0) is 6.42 Å². The maximum atomic E-state index is 5.85. The lowest BCUT2D eigenvalue weighted by atomic mass is 10.2. The van der Waals surface area contributed by atoms with E-state index in [1.807, 2.05) is 45.2 Å². The first-order valence-electron chi connectivity index (χ1n) is 8.57. The van der Waals surface area contributed by atoms with Gasteiger partial charge in [-0.05, 0) is 32.4 Å². The third-order valence-electron chi connectivity index (χ3n) is 3.63. The topological polar surface area (TPSA) is 75.8 Å². The summed E-state index contributed by atoms with van der Waals surface area (Å²) in [4.78, 5) is 10.9. The zero-order valence-electron chi connectivity index (χ0n) is 15.5. The first-order chi connectivity index (χ1) is 12.1. The summed E-state index contributed by atoms with van der Waals surface area (Å²) in [6, 6.07) is 8.02. The van der Waals surface area contributed by atoms with Gasteiger partial charge in [-0.2, -0.15) is 4.98 Å². The highest BCUT2D eigenvalue weighted by Gasteiger charge is 2.07. The molecule has 136 valence electrons. The Morgan fingerprint density at radius 2 is 2.12 bits per heavy atom. The molecule has 25 heavy (non-hydrogen) atoms. The molecule has 1 aromatic heterocycles. The fourth-order valence-electron chi connectivity index (χ4n) is 2.29. The first-order valence-corrected chi connectivity index (χ1v) is 8.57. The van der Waals surface area contributed by atoms with Crippen molar-refractivity contribution < 1.29 is 9.26 Å². The highest BCUT2D eigenvalue weighted by atomic mass is 16.5. The van der Waals surface area contributed by atoms with Crippen molar-refractivity contribution in [1.82, 2.24) is 20.4 Å². The van der Waals surface area contributed by atoms with Gasteiger partial charge in [0, 0.05) is 20.0 Å². The average molecular weight is 345 g/mol. The standard InChI is InChI=1S/C18H27N5O2/c1-5-19-18(20-11-10-17-21-15(3)22-25-17)23(4)12-13-24-16-9-7-6-8-14(16)2/h6-9H,5,10-13H2,1-4H3,(H,19,20). The number of aromatic nitrogens is 2. The third kappa shape index (κ3) is 6.10. The van der Waals surface area contributed by atoms with Gasteiger partial charge in [-0.25, -0.2) is 0 Å². The van der Waals surface area contributed by atoms with Crippen molar-refractivity contribution in [1.29, 1.82) is 0 Å². The lowest BCUT2D eigenvalue weighted by molar-refractivity contribution is 0.280. The highest BCUT2D eigenvalue weighted by molar-refractivity contribution is 5.79. The molecule has 0 bridgehead atoms. The number of hydrogen-bond donors (Lipinski definition) is 1. The summed E-state index contributed by atoms with van der Waals surface area (Å²) in [5.41, 5.74) is 1.14. The van der Waals surface area contributed by atoms with E-state index in [-0.39, 0.29) is 0 Å². The largest absolute Gasteiger partial charge is 0.491 e. The monoisotopic (exact) mass is 345 g/mol. The summed E-state index contributed by atoms with van der Waals surface area (Å²) >= 11 is 0. The normalized spacial score (nSPS) is 11.4. The average Bonchev–Trinajstić information content (AvgIpc) is 3.01. The summed E-state index contributed by atoms with van der Waals surface area (Å²) in [5.74, 6) is 3.02. The molecule has 0 aliphatic heterocycles. The molecule has 7 heteroatoms. The van der Waals surface area contributed by atoms with E-state index in [0.717, 1.165) is 30.4 Å². The van der Waals surface area contributed by atoms with Crippen LogP contribution < -0.4 is 10.1 Å². The van der Waals surface area contributed by atoms with Gasteiger partial charge in [0.05, 0.1) is 13.1 Å². The fourth-order valence-corrected chi connectivity index (χ4v) is 2.29. The fraction of sp³-hybridized carbons (Fsp3) is 0.500. The number of aryl methyl sites for hydroxylation is 2. The third-order valence-corrected chi connectivity index (χ3v) is 3.63. The van der Waals surface area contributed by atoms with Crippen molar-refractivity contribution in [3.63, 3.8) is 0 Å². The SMILES string of the molecule is CCNC(=NCCc1nc(C)no1)N(C)CCOc1ccccc1C. The minimum atomic E-state index is 0.590. The Hall–Kier alpha value is -2.57. The minimum absolute atomic E-state index is 0.590. The summed E-state index contributed by atoms with van der Waals surface area (Å²) in [5, 5.41) is 7.07. The Bertz CT molecular complexity index is 684. The molecule has 1 heterocycles. The van der Waals surface area contributed by atoms with Crippen molar-refractivity contribution in [2.24, 2.45) is 4.99 Å². The molecule has 0 unspecified atom stereocenters. The van der Waals surface area contributed by atoms with Gasteiger partial charge in [-0.15, -0.1) is 0 Å². The molecular weight excluding hydrogens is 318 g/mol. The molecular formula is C18H27N5O2. The second kappa shape index (κ2) is 9.66. The van der Waals surface area contributed by atoms with Crippen LogP contribution in [0.5, 0.6) is 5.75 Å². The van der Waals surface area contributed by atoms with Crippen molar-refractivity contribution >= 4 is 5.96 Å². The number of ether oxygens (including phenoxy) is 1. The van der Waals surface area contributed by atoms with Crippen LogP contribution in [0.1, 0.15) is 24.2 Å². The number of guanidine groups is 1. The van der Waals surface area contributed by atoms with Gasteiger partial charge in [0.25, 0.3) is 0 Å². The number of para-hydroxylation sites is 1. The summed E-state index contributed by atoms with van der Waals surface area (Å²) in [6.07, 6.45) is 0.628. The Kier molecular flexibility index (Phi) is 7.25. The van der Waals surface area contributed by atoms with Crippen LogP contribution in [-0.4, -0.2) is 54.3 Å². The van der Waals surface area contributed by atoms with Crippen molar-refractivity contribution in [2.75, 3.05) is 33.3 Å². The summed E-state index contributed by atoms with van der Waals surface area (Å²) in [6.45, 7) is 8.63. The number of benzene rings is 1. The molecule has 0 saturated heterocycles. The summed E-state index contributed by atoms with van der Waals surface area (Å²) in [7, 11) is 2.00. The molecule has 7 nitrogen and oxygen atoms in total. The van der Waals surface area contributed by atoms with Gasteiger partial charge in [-0.3, -0.25) is 4.99 Å². The van der Waals surface area contributed by atoms with Gasteiger partial charge in [0.1, 0.15) is 12.4 Å². The predicted octanol–water partition coefficient (Wildman–Crippen LogP) is 2.21. The van der Waals surface area contributed by atoms with Crippen LogP contribution in [0.2, 0.25) is 0 Å². The van der Waals surface area contributed by atoms with E-state index < -0.39 is 0 Å². The van der Waals surface area contributed by atoms with E-state index in [2.05, 4.69) is 32.3 Å². The van der Waals surface area contributed by atoms with Crippen molar-refractivity contribution in [2.45, 2.75) is 27.2 Å². The first kappa shape index (κ1) is 18.8. The van der Waals surface area contributed by atoms with Gasteiger partial charge in [0.15, 0.2) is 11.8 Å². The van der Waals surface area contributed by atoms with Crippen LogP contribution in [0.4, 0.5) is 0 Å². The highest BCUT2D eigenvalue weighted by Crippen LogP contribution is 2.15. The Labute approximate surface area is 149 Å². The second-order valence-electron chi connectivity index (χ2n) is 5.76. The predicted molar refractivity (Wildman–Crippen MR) is 98.0 cm³/mol. The molecule has 2 rings (SSSR count). The lowest BCUT2D eigenvalue weighted by Crippen LogP contribution is -2.41. The van der Waals surface area contributed by atoms with Crippen LogP contribution in [0.3, 0.4) is 0 Å². The van der Waals surface area contributed by atoms with Gasteiger partial charge < -0.3 is 19.5 Å². The van der Waals surface area contributed by atoms with Gasteiger partial charge in [0.2, 0.25) is 5.89 Å². The molecule has 1 aromatic carbocycles. The van der Waals surface area contributed by atoms with E-state index in [1.54, 1.807) is 0 Å². The molecule has 0 spiro atoms. The van der Waals surface area contributed by atoms with E-state index in [9.17, 15) is 0 Å². The molecule has 0 radical (unpaired) electrons.